The van der Waals surface area contributed by atoms with E-state index in [4.69, 9.17) is 11.5 Å². The Kier molecular flexibility index (Phi) is 29.5. The minimum atomic E-state index is -1.14. The number of hydrogen-bond donors (Lipinski definition) is 2. The van der Waals surface area contributed by atoms with Crippen molar-refractivity contribution in [2.24, 2.45) is 11.5 Å². The number of aromatic nitrogens is 2. The van der Waals surface area contributed by atoms with Gasteiger partial charge in [0.25, 0.3) is 0 Å². The van der Waals surface area contributed by atoms with Gasteiger partial charge in [0.15, 0.2) is 0 Å². The number of carboxylic acids is 2. The maximum absolute atomic E-state index is 10.4. The number of rotatable bonds is 6. The van der Waals surface area contributed by atoms with Crippen molar-refractivity contribution in [3.63, 3.8) is 0 Å². The molecule has 0 aliphatic rings. The molecule has 47 heavy (non-hydrogen) atoms. The third-order valence-corrected chi connectivity index (χ3v) is 5.13. The molecule has 0 saturated carbocycles. The van der Waals surface area contributed by atoms with Crippen molar-refractivity contribution < 1.29 is 70.8 Å². The summed E-state index contributed by atoms with van der Waals surface area (Å²) < 4.78 is 0. The average Bonchev–Trinajstić information content (AvgIpc) is 2.99. The van der Waals surface area contributed by atoms with E-state index in [1.54, 1.807) is 60.9 Å². The van der Waals surface area contributed by atoms with Crippen LogP contribution >= 0.6 is 0 Å². The molecule has 0 fully saturated rings. The Balaban J connectivity index is -0.000000162. The molecule has 4 aromatic rings. The Hall–Kier alpha value is -5.32. The van der Waals surface area contributed by atoms with E-state index >= 15 is 0 Å². The van der Waals surface area contributed by atoms with Gasteiger partial charge >= 0.3 is 19.5 Å². The van der Waals surface area contributed by atoms with E-state index in [0.717, 1.165) is 11.4 Å². The van der Waals surface area contributed by atoms with Crippen molar-refractivity contribution in [3.05, 3.63) is 120 Å². The number of nitrogens with zero attached hydrogens (tertiary/aromatic N) is 4. The van der Waals surface area contributed by atoms with Crippen LogP contribution in [0.5, 0.6) is 0 Å². The summed E-state index contributed by atoms with van der Waals surface area (Å²) in [5.41, 5.74) is 13.1. The molecule has 252 valence electrons. The molecule has 14 N–H and O–H groups in total. The van der Waals surface area contributed by atoms with E-state index in [9.17, 15) is 29.4 Å². The van der Waals surface area contributed by atoms with Gasteiger partial charge in [-0.1, -0.05) is 24.3 Å². The van der Waals surface area contributed by atoms with Gasteiger partial charge in [-0.25, -0.2) is 0 Å². The second-order valence-corrected chi connectivity index (χ2v) is 8.67. The second kappa shape index (κ2) is 27.0. The smallest absolute Gasteiger partial charge is 0.545 e. The summed E-state index contributed by atoms with van der Waals surface area (Å²) in [7, 11) is 7.59. The number of aromatic carboxylic acids is 2. The predicted molar refractivity (Wildman–Crippen MR) is 173 cm³/mol. The maximum Gasteiger partial charge on any atom is 2.00 e. The molecule has 0 aliphatic carbocycles. The molecule has 2 amide bonds. The number of carbonyl (C=O) groups excluding carboxylic acids is 4. The van der Waals surface area contributed by atoms with Crippen molar-refractivity contribution in [3.8, 4) is 0 Å². The largest absolute Gasteiger partial charge is 2.00 e. The molecule has 0 saturated heterocycles. The molecule has 4 rings (SSSR count). The fourth-order valence-corrected chi connectivity index (χ4v) is 2.81. The fourth-order valence-electron chi connectivity index (χ4n) is 2.81. The van der Waals surface area contributed by atoms with E-state index in [2.05, 4.69) is 9.97 Å². The van der Waals surface area contributed by atoms with Gasteiger partial charge < -0.3 is 63.0 Å². The molecule has 2 aromatic heterocycles. The Labute approximate surface area is 284 Å². The first kappa shape index (κ1) is 51.3. The van der Waals surface area contributed by atoms with Crippen LogP contribution in [-0.2, 0) is 30.4 Å². The number of nitrogens with two attached hydrogens (primary N) is 2. The molecule has 2 aromatic carbocycles. The minimum Gasteiger partial charge on any atom is -0.545 e. The van der Waals surface area contributed by atoms with Gasteiger partial charge in [-0.15, -0.1) is 0 Å². The number of carbonyl (C=O) groups is 4. The van der Waals surface area contributed by atoms with E-state index in [1.165, 1.54) is 36.7 Å². The zero-order chi connectivity index (χ0) is 31.7. The predicted octanol–water partition coefficient (Wildman–Crippen LogP) is -2.90. The van der Waals surface area contributed by atoms with E-state index in [1.807, 2.05) is 38.0 Å². The average molecular weight is 712 g/mol. The van der Waals surface area contributed by atoms with Crippen LogP contribution in [0, 0.1) is 0 Å². The number of benzene rings is 2. The molecule has 17 heteroatoms. The van der Waals surface area contributed by atoms with Crippen LogP contribution in [0.3, 0.4) is 0 Å². The maximum atomic E-state index is 10.4. The van der Waals surface area contributed by atoms with Crippen molar-refractivity contribution in [1.29, 1.82) is 0 Å². The Morgan fingerprint density at radius 2 is 0.830 bits per heavy atom. The summed E-state index contributed by atoms with van der Waals surface area (Å²) in [5.74, 6) is -3.16. The van der Waals surface area contributed by atoms with Gasteiger partial charge in [-0.05, 0) is 59.7 Å². The van der Waals surface area contributed by atoms with Crippen molar-refractivity contribution in [2.45, 2.75) is 0 Å². The number of pyridine rings is 2. The first-order valence-corrected chi connectivity index (χ1v) is 12.2. The molecule has 0 spiro atoms. The van der Waals surface area contributed by atoms with Gasteiger partial charge in [0.1, 0.15) is 0 Å². The molecule has 0 atom stereocenters. The molecule has 0 unspecified atom stereocenters. The van der Waals surface area contributed by atoms with Crippen molar-refractivity contribution >= 4 is 35.1 Å². The quantitative estimate of drug-likeness (QED) is 0.152. The van der Waals surface area contributed by atoms with Crippen molar-refractivity contribution in [1.82, 2.24) is 9.97 Å². The minimum absolute atomic E-state index is 0. The van der Waals surface area contributed by atoms with Crippen LogP contribution in [0.2, 0.25) is 0 Å². The third kappa shape index (κ3) is 20.4. The van der Waals surface area contributed by atoms with Crippen LogP contribution < -0.4 is 31.5 Å². The normalized spacial score (nSPS) is 8.26. The van der Waals surface area contributed by atoms with E-state index in [-0.39, 0.29) is 52.5 Å². The Morgan fingerprint density at radius 1 is 0.553 bits per heavy atom. The van der Waals surface area contributed by atoms with E-state index in [0.29, 0.717) is 11.1 Å². The fraction of sp³-hybridized carbons (Fsp3) is 0.133. The van der Waals surface area contributed by atoms with Gasteiger partial charge in [0.2, 0.25) is 11.8 Å². The summed E-state index contributed by atoms with van der Waals surface area (Å²) in [6, 6.07) is 19.7. The first-order valence-electron chi connectivity index (χ1n) is 12.2. The number of hydrogen-bond acceptors (Lipinski definition) is 10. The zero-order valence-electron chi connectivity index (χ0n) is 26.5. The summed E-state index contributed by atoms with van der Waals surface area (Å²) in [6.07, 6.45) is 6.05. The number of carboxylic acid groups (broad SMARTS) is 2. The van der Waals surface area contributed by atoms with E-state index < -0.39 is 23.8 Å². The second-order valence-electron chi connectivity index (χ2n) is 8.67. The van der Waals surface area contributed by atoms with Crippen molar-refractivity contribution in [2.75, 3.05) is 38.0 Å². The molecule has 2 heterocycles. The monoisotopic (exact) mass is 710 g/mol. The first-order chi connectivity index (χ1) is 19.8. The van der Waals surface area contributed by atoms with Gasteiger partial charge in [-0.3, -0.25) is 19.6 Å². The standard InChI is InChI=1S/2C9H11NO2.2C6H6N2O.4H2O.Zn/c2*1-10(2)8-5-3-7(4-6-8)9(11)12;2*7-6(9)5-2-1-3-8-4-5;;;;;/h2*3-6H,1-2H3,(H,11,12);2*1-4H,(H2,7,9);4*1H2;/q;;;;;;;;+2. The number of amides is 2. The van der Waals surface area contributed by atoms with Gasteiger partial charge in [0, 0.05) is 64.4 Å². The van der Waals surface area contributed by atoms with Crippen LogP contribution in [0.4, 0.5) is 11.4 Å². The molecule has 0 aliphatic heterocycles. The topological polar surface area (TPSA) is 328 Å². The summed E-state index contributed by atoms with van der Waals surface area (Å²) in [4.78, 5) is 52.7. The van der Waals surface area contributed by atoms with Gasteiger partial charge in [-0.2, -0.15) is 0 Å². The molecule has 0 radical (unpaired) electrons. The van der Waals surface area contributed by atoms with Gasteiger partial charge in [0.05, 0.1) is 23.1 Å². The number of primary amides is 2. The van der Waals surface area contributed by atoms with Crippen LogP contribution in [0.25, 0.3) is 0 Å². The number of anilines is 2. The summed E-state index contributed by atoms with van der Waals surface area (Å²) in [6.45, 7) is 0. The third-order valence-electron chi connectivity index (χ3n) is 5.13. The Bertz CT molecular complexity index is 1320. The SMILES string of the molecule is CN(C)c1ccc(C(=O)[O-])cc1.CN(C)c1ccc(C(=O)[O-])cc1.NC(=O)c1cccnc1.NC(=O)c1cccnc1.O.O.[OH3+].[OH3+].[Zn+2]. The molecule has 0 bridgehead atoms. The van der Waals surface area contributed by atoms with Crippen LogP contribution in [0.1, 0.15) is 41.4 Å². The Morgan fingerprint density at radius 3 is 0.979 bits per heavy atom. The summed E-state index contributed by atoms with van der Waals surface area (Å²) >= 11 is 0. The van der Waals surface area contributed by atoms with Crippen LogP contribution in [-0.4, -0.2) is 72.9 Å². The molecular weight excluding hydrogens is 670 g/mol. The van der Waals surface area contributed by atoms with Crippen LogP contribution in [0.15, 0.2) is 97.6 Å². The molecule has 16 nitrogen and oxygen atoms in total. The molecular formula is C30H42N6O10Zn+2. The zero-order valence-corrected chi connectivity index (χ0v) is 29.5. The summed E-state index contributed by atoms with van der Waals surface area (Å²) in [5, 5.41) is 20.7.